The van der Waals surface area contributed by atoms with Crippen LogP contribution in [0, 0.1) is 11.3 Å². The zero-order valence-electron chi connectivity index (χ0n) is 11.9. The van der Waals surface area contributed by atoms with Gasteiger partial charge in [0.15, 0.2) is 5.16 Å². The number of halogens is 1. The SMILES string of the molecule is CC(C)n1c(CN)nnc1SCc1ccc(C#N)cc1Cl. The maximum atomic E-state index is 8.84. The van der Waals surface area contributed by atoms with Crippen LogP contribution in [-0.2, 0) is 12.3 Å². The zero-order valence-corrected chi connectivity index (χ0v) is 13.4. The van der Waals surface area contributed by atoms with Crippen molar-refractivity contribution < 1.29 is 0 Å². The van der Waals surface area contributed by atoms with Crippen LogP contribution in [0.3, 0.4) is 0 Å². The van der Waals surface area contributed by atoms with E-state index in [1.807, 2.05) is 10.6 Å². The maximum Gasteiger partial charge on any atom is 0.191 e. The largest absolute Gasteiger partial charge is 0.324 e. The molecule has 110 valence electrons. The van der Waals surface area contributed by atoms with E-state index in [0.29, 0.717) is 22.9 Å². The molecule has 0 amide bonds. The molecule has 0 bridgehead atoms. The Kier molecular flexibility index (Phi) is 5.23. The summed E-state index contributed by atoms with van der Waals surface area (Å²) in [5, 5.41) is 18.6. The highest BCUT2D eigenvalue weighted by Crippen LogP contribution is 2.28. The molecule has 2 N–H and O–H groups in total. The Morgan fingerprint density at radius 1 is 1.43 bits per heavy atom. The van der Waals surface area contributed by atoms with Crippen molar-refractivity contribution in [3.63, 3.8) is 0 Å². The van der Waals surface area contributed by atoms with Gasteiger partial charge in [-0.3, -0.25) is 0 Å². The van der Waals surface area contributed by atoms with Gasteiger partial charge in [0, 0.05) is 16.8 Å². The van der Waals surface area contributed by atoms with Gasteiger partial charge >= 0.3 is 0 Å². The van der Waals surface area contributed by atoms with Gasteiger partial charge in [-0.05, 0) is 31.5 Å². The van der Waals surface area contributed by atoms with E-state index in [4.69, 9.17) is 22.6 Å². The highest BCUT2D eigenvalue weighted by molar-refractivity contribution is 7.98. The Labute approximate surface area is 133 Å². The first-order valence-electron chi connectivity index (χ1n) is 6.52. The normalized spacial score (nSPS) is 10.9. The third-order valence-corrected chi connectivity index (χ3v) is 4.32. The fourth-order valence-electron chi connectivity index (χ4n) is 1.94. The molecule has 21 heavy (non-hydrogen) atoms. The summed E-state index contributed by atoms with van der Waals surface area (Å²) in [6, 6.07) is 7.63. The van der Waals surface area contributed by atoms with E-state index in [2.05, 4.69) is 30.1 Å². The lowest BCUT2D eigenvalue weighted by atomic mass is 10.2. The lowest BCUT2D eigenvalue weighted by Gasteiger charge is -2.13. The summed E-state index contributed by atoms with van der Waals surface area (Å²) in [4.78, 5) is 0. The van der Waals surface area contributed by atoms with Crippen molar-refractivity contribution in [2.75, 3.05) is 0 Å². The minimum atomic E-state index is 0.248. The fraction of sp³-hybridized carbons (Fsp3) is 0.357. The fourth-order valence-corrected chi connectivity index (χ4v) is 3.36. The van der Waals surface area contributed by atoms with Crippen molar-refractivity contribution in [3.8, 4) is 6.07 Å². The lowest BCUT2D eigenvalue weighted by Crippen LogP contribution is -2.11. The molecule has 0 saturated carbocycles. The number of thioether (sulfide) groups is 1. The Balaban J connectivity index is 2.17. The Morgan fingerprint density at radius 3 is 2.76 bits per heavy atom. The number of nitrogens with two attached hydrogens (primary N) is 1. The van der Waals surface area contributed by atoms with E-state index in [1.54, 1.807) is 23.9 Å². The van der Waals surface area contributed by atoms with Crippen molar-refractivity contribution >= 4 is 23.4 Å². The molecule has 1 heterocycles. The van der Waals surface area contributed by atoms with Gasteiger partial charge in [0.05, 0.1) is 18.2 Å². The first-order valence-corrected chi connectivity index (χ1v) is 7.88. The predicted molar refractivity (Wildman–Crippen MR) is 84.0 cm³/mol. The first-order chi connectivity index (χ1) is 10.1. The molecule has 0 unspecified atom stereocenters. The van der Waals surface area contributed by atoms with Gasteiger partial charge < -0.3 is 10.3 Å². The predicted octanol–water partition coefficient (Wildman–Crippen LogP) is 3.14. The van der Waals surface area contributed by atoms with Gasteiger partial charge in [-0.15, -0.1) is 10.2 Å². The van der Waals surface area contributed by atoms with Crippen LogP contribution in [0.15, 0.2) is 23.4 Å². The molecule has 0 aliphatic carbocycles. The zero-order chi connectivity index (χ0) is 15.4. The second kappa shape index (κ2) is 6.94. The van der Waals surface area contributed by atoms with Crippen molar-refractivity contribution in [2.24, 2.45) is 5.73 Å². The number of aromatic nitrogens is 3. The van der Waals surface area contributed by atoms with Crippen molar-refractivity contribution in [2.45, 2.75) is 37.3 Å². The molecule has 2 rings (SSSR count). The number of hydrogen-bond donors (Lipinski definition) is 1. The molecule has 1 aromatic heterocycles. The monoisotopic (exact) mass is 321 g/mol. The van der Waals surface area contributed by atoms with E-state index in [9.17, 15) is 0 Å². The summed E-state index contributed by atoms with van der Waals surface area (Å²) in [5.74, 6) is 1.44. The van der Waals surface area contributed by atoms with E-state index >= 15 is 0 Å². The minimum Gasteiger partial charge on any atom is -0.324 e. The quantitative estimate of drug-likeness (QED) is 0.856. The smallest absolute Gasteiger partial charge is 0.191 e. The summed E-state index contributed by atoms with van der Waals surface area (Å²) in [7, 11) is 0. The molecule has 1 aromatic carbocycles. The summed E-state index contributed by atoms with van der Waals surface area (Å²) >= 11 is 7.74. The second-order valence-corrected chi connectivity index (χ2v) is 6.12. The molecule has 0 aliphatic heterocycles. The Morgan fingerprint density at radius 2 is 2.19 bits per heavy atom. The molecule has 7 heteroatoms. The minimum absolute atomic E-state index is 0.248. The average molecular weight is 322 g/mol. The second-order valence-electron chi connectivity index (χ2n) is 4.77. The van der Waals surface area contributed by atoms with Crippen LogP contribution in [0.1, 0.15) is 36.8 Å². The van der Waals surface area contributed by atoms with Crippen molar-refractivity contribution in [1.29, 1.82) is 5.26 Å². The van der Waals surface area contributed by atoms with Gasteiger partial charge in [0.2, 0.25) is 0 Å². The number of nitrogens with zero attached hydrogens (tertiary/aromatic N) is 4. The molecule has 0 radical (unpaired) electrons. The number of hydrogen-bond acceptors (Lipinski definition) is 5. The van der Waals surface area contributed by atoms with E-state index < -0.39 is 0 Å². The van der Waals surface area contributed by atoms with Crippen LogP contribution >= 0.6 is 23.4 Å². The van der Waals surface area contributed by atoms with Crippen LogP contribution < -0.4 is 5.73 Å². The van der Waals surface area contributed by atoms with Crippen LogP contribution in [0.4, 0.5) is 0 Å². The molecule has 0 fully saturated rings. The van der Waals surface area contributed by atoms with Crippen molar-refractivity contribution in [3.05, 3.63) is 40.2 Å². The Hall–Kier alpha value is -1.55. The van der Waals surface area contributed by atoms with Gasteiger partial charge in [-0.25, -0.2) is 0 Å². The van der Waals surface area contributed by atoms with Crippen LogP contribution in [0.5, 0.6) is 0 Å². The summed E-state index contributed by atoms with van der Waals surface area (Å²) < 4.78 is 2.03. The highest BCUT2D eigenvalue weighted by Gasteiger charge is 2.14. The van der Waals surface area contributed by atoms with E-state index in [-0.39, 0.29) is 6.04 Å². The summed E-state index contributed by atoms with van der Waals surface area (Å²) in [6.07, 6.45) is 0. The maximum absolute atomic E-state index is 8.84. The van der Waals surface area contributed by atoms with Crippen LogP contribution in [0.25, 0.3) is 0 Å². The number of nitriles is 1. The summed E-state index contributed by atoms with van der Waals surface area (Å²) in [6.45, 7) is 4.51. The van der Waals surface area contributed by atoms with Gasteiger partial charge in [0.1, 0.15) is 5.82 Å². The Bertz CT molecular complexity index is 674. The standard InChI is InChI=1S/C14H16ClN5S/c1-9(2)20-13(7-17)18-19-14(20)21-8-11-4-3-10(6-16)5-12(11)15/h3-5,9H,7-8,17H2,1-2H3. The van der Waals surface area contributed by atoms with E-state index in [1.165, 1.54) is 0 Å². The highest BCUT2D eigenvalue weighted by atomic mass is 35.5. The third-order valence-electron chi connectivity index (χ3n) is 2.97. The third kappa shape index (κ3) is 3.56. The average Bonchev–Trinajstić information content (AvgIpc) is 2.89. The first kappa shape index (κ1) is 15.8. The molecular weight excluding hydrogens is 306 g/mol. The number of rotatable bonds is 5. The van der Waals surface area contributed by atoms with Gasteiger partial charge in [-0.2, -0.15) is 5.26 Å². The molecular formula is C14H16ClN5S. The number of benzene rings is 1. The van der Waals surface area contributed by atoms with E-state index in [0.717, 1.165) is 16.5 Å². The topological polar surface area (TPSA) is 80.5 Å². The summed E-state index contributed by atoms with van der Waals surface area (Å²) in [5.41, 5.74) is 7.21. The molecule has 0 saturated heterocycles. The van der Waals surface area contributed by atoms with Gasteiger partial charge in [-0.1, -0.05) is 29.4 Å². The van der Waals surface area contributed by atoms with Crippen LogP contribution in [0.2, 0.25) is 5.02 Å². The molecule has 2 aromatic rings. The molecule has 5 nitrogen and oxygen atoms in total. The molecule has 0 spiro atoms. The lowest BCUT2D eigenvalue weighted by molar-refractivity contribution is 0.526. The van der Waals surface area contributed by atoms with Crippen molar-refractivity contribution in [1.82, 2.24) is 14.8 Å². The van der Waals surface area contributed by atoms with Gasteiger partial charge in [0.25, 0.3) is 0 Å². The molecule has 0 aliphatic rings. The van der Waals surface area contributed by atoms with Crippen LogP contribution in [-0.4, -0.2) is 14.8 Å². The molecule has 0 atom stereocenters.